The van der Waals surface area contributed by atoms with E-state index in [1.54, 1.807) is 0 Å². The number of aliphatic hydroxyl groups excluding tert-OH is 4. The Morgan fingerprint density at radius 1 is 1.21 bits per heavy atom. The van der Waals surface area contributed by atoms with Crippen LogP contribution in [0.3, 0.4) is 0 Å². The first-order valence-electron chi connectivity index (χ1n) is 6.28. The van der Waals surface area contributed by atoms with Crippen LogP contribution in [0.2, 0.25) is 0 Å². The zero-order valence-corrected chi connectivity index (χ0v) is 11.8. The molecular weight excluding hydrogens is 254 g/mol. The molecule has 0 aromatic carbocycles. The van der Waals surface area contributed by atoms with E-state index in [4.69, 9.17) is 9.84 Å². The number of aliphatic hydroxyl groups is 4. The third-order valence-electron chi connectivity index (χ3n) is 2.27. The van der Waals surface area contributed by atoms with Gasteiger partial charge in [0.15, 0.2) is 6.29 Å². The zero-order valence-electron chi connectivity index (χ0n) is 11.8. The van der Waals surface area contributed by atoms with Gasteiger partial charge in [-0.2, -0.15) is 0 Å². The molecule has 1 aliphatic heterocycles. The summed E-state index contributed by atoms with van der Waals surface area (Å²) in [6.45, 7) is 7.19. The zero-order chi connectivity index (χ0) is 15.2. The maximum absolute atomic E-state index is 10.7. The highest BCUT2D eigenvalue weighted by molar-refractivity contribution is 5.73. The van der Waals surface area contributed by atoms with E-state index in [0.29, 0.717) is 0 Å². The third-order valence-corrected chi connectivity index (χ3v) is 2.27. The lowest BCUT2D eigenvalue weighted by Gasteiger charge is -2.40. The van der Waals surface area contributed by atoms with Gasteiger partial charge in [0.1, 0.15) is 24.4 Å². The van der Waals surface area contributed by atoms with Gasteiger partial charge < -0.3 is 30.5 Å². The number of amides is 1. The monoisotopic (exact) mass is 279 g/mol. The normalized spacial score (nSPS) is 34.5. The molecule has 2 unspecified atom stereocenters. The summed E-state index contributed by atoms with van der Waals surface area (Å²) in [5.41, 5.74) is 0. The Bertz CT molecular complexity index is 270. The van der Waals surface area contributed by atoms with Crippen LogP contribution < -0.4 is 5.32 Å². The highest BCUT2D eigenvalue weighted by atomic mass is 16.6. The van der Waals surface area contributed by atoms with E-state index in [1.165, 1.54) is 6.92 Å². The summed E-state index contributed by atoms with van der Waals surface area (Å²) < 4.78 is 4.81. The van der Waals surface area contributed by atoms with E-state index >= 15 is 0 Å². The molecule has 1 fully saturated rings. The molecule has 0 spiro atoms. The second-order valence-corrected chi connectivity index (χ2v) is 5.19. The molecule has 1 aliphatic rings. The Hall–Kier alpha value is -0.730. The van der Waals surface area contributed by atoms with Crippen molar-refractivity contribution < 1.29 is 30.0 Å². The lowest BCUT2D eigenvalue weighted by molar-refractivity contribution is -0.253. The highest BCUT2D eigenvalue weighted by Gasteiger charge is 2.43. The summed E-state index contributed by atoms with van der Waals surface area (Å²) in [5, 5.41) is 39.4. The minimum absolute atomic E-state index is 0.462. The van der Waals surface area contributed by atoms with Crippen molar-refractivity contribution in [2.75, 3.05) is 6.61 Å². The van der Waals surface area contributed by atoms with Crippen LogP contribution in [0, 0.1) is 5.92 Å². The van der Waals surface area contributed by atoms with Gasteiger partial charge in [-0.05, 0) is 5.92 Å². The average Bonchev–Trinajstić information content (AvgIpc) is 2.28. The number of ether oxygens (including phenoxy) is 1. The molecule has 1 heterocycles. The van der Waals surface area contributed by atoms with Crippen molar-refractivity contribution in [1.29, 1.82) is 0 Å². The van der Waals surface area contributed by atoms with Gasteiger partial charge in [-0.25, -0.2) is 0 Å². The van der Waals surface area contributed by atoms with Crippen molar-refractivity contribution in [1.82, 2.24) is 5.32 Å². The summed E-state index contributed by atoms with van der Waals surface area (Å²) >= 11 is 0. The molecule has 0 radical (unpaired) electrons. The SMILES string of the molecule is CC(=O)NC1[C@H](O)OC(CO)[C@H](O)[C@@H]1O.CC(C)C. The molecule has 7 nitrogen and oxygen atoms in total. The first-order valence-corrected chi connectivity index (χ1v) is 6.28. The lowest BCUT2D eigenvalue weighted by atomic mass is 9.97. The Labute approximate surface area is 113 Å². The highest BCUT2D eigenvalue weighted by Crippen LogP contribution is 2.19. The molecular formula is C12H25NO6. The smallest absolute Gasteiger partial charge is 0.217 e. The van der Waals surface area contributed by atoms with Crippen LogP contribution in [0.1, 0.15) is 27.7 Å². The van der Waals surface area contributed by atoms with Crippen molar-refractivity contribution >= 4 is 5.91 Å². The molecule has 0 aromatic heterocycles. The van der Waals surface area contributed by atoms with Crippen LogP contribution in [0.5, 0.6) is 0 Å². The Morgan fingerprint density at radius 2 is 1.68 bits per heavy atom. The summed E-state index contributed by atoms with van der Waals surface area (Å²) in [7, 11) is 0. The van der Waals surface area contributed by atoms with Crippen molar-refractivity contribution in [3.8, 4) is 0 Å². The van der Waals surface area contributed by atoms with Crippen LogP contribution in [-0.2, 0) is 9.53 Å². The standard InChI is InChI=1S/C8H15NO6.C4H10/c1-3(11)9-5-7(13)6(12)4(2-10)15-8(5)14;1-4(2)3/h4-8,10,12-14H,2H2,1H3,(H,9,11);4H,1-3H3/t4?,5?,6-,7+,8+;/m0./s1. The maximum atomic E-state index is 10.7. The number of rotatable bonds is 2. The quantitative estimate of drug-likeness (QED) is 0.423. The fraction of sp³-hybridized carbons (Fsp3) is 0.917. The molecule has 5 N–H and O–H groups in total. The van der Waals surface area contributed by atoms with Crippen LogP contribution >= 0.6 is 0 Å². The summed E-state index contributed by atoms with van der Waals surface area (Å²) in [5.74, 6) is 0.372. The van der Waals surface area contributed by atoms with Crippen LogP contribution in [0.4, 0.5) is 0 Å². The molecule has 1 saturated heterocycles. The fourth-order valence-electron chi connectivity index (χ4n) is 1.49. The van der Waals surface area contributed by atoms with Gasteiger partial charge in [0.05, 0.1) is 6.61 Å². The third kappa shape index (κ3) is 6.31. The van der Waals surface area contributed by atoms with Gasteiger partial charge in [-0.15, -0.1) is 0 Å². The van der Waals surface area contributed by atoms with Crippen LogP contribution in [0.25, 0.3) is 0 Å². The van der Waals surface area contributed by atoms with E-state index in [2.05, 4.69) is 26.1 Å². The van der Waals surface area contributed by atoms with Crippen molar-refractivity contribution in [3.63, 3.8) is 0 Å². The number of carbonyl (C=O) groups is 1. The maximum Gasteiger partial charge on any atom is 0.217 e. The van der Waals surface area contributed by atoms with E-state index in [9.17, 15) is 20.1 Å². The molecule has 19 heavy (non-hydrogen) atoms. The molecule has 1 rings (SSSR count). The van der Waals surface area contributed by atoms with Crippen molar-refractivity contribution in [2.45, 2.75) is 58.3 Å². The number of carbonyl (C=O) groups excluding carboxylic acids is 1. The molecule has 0 bridgehead atoms. The molecule has 0 aliphatic carbocycles. The van der Waals surface area contributed by atoms with Gasteiger partial charge in [-0.1, -0.05) is 20.8 Å². The first-order chi connectivity index (χ1) is 8.70. The van der Waals surface area contributed by atoms with Gasteiger partial charge in [0, 0.05) is 6.92 Å². The predicted octanol–water partition coefficient (Wildman–Crippen LogP) is -1.42. The molecule has 0 aromatic rings. The molecule has 1 amide bonds. The Balaban J connectivity index is 0.000000711. The fourth-order valence-corrected chi connectivity index (χ4v) is 1.49. The Morgan fingerprint density at radius 3 is 2.05 bits per heavy atom. The average molecular weight is 279 g/mol. The predicted molar refractivity (Wildman–Crippen MR) is 68.1 cm³/mol. The summed E-state index contributed by atoms with van der Waals surface area (Å²) in [6.07, 6.45) is -5.24. The molecule has 114 valence electrons. The summed E-state index contributed by atoms with van der Waals surface area (Å²) in [6, 6.07) is -1.10. The minimum atomic E-state index is -1.45. The van der Waals surface area contributed by atoms with E-state index in [0.717, 1.165) is 5.92 Å². The second-order valence-electron chi connectivity index (χ2n) is 5.19. The minimum Gasteiger partial charge on any atom is -0.394 e. The van der Waals surface area contributed by atoms with Gasteiger partial charge in [-0.3, -0.25) is 4.79 Å². The topological polar surface area (TPSA) is 119 Å². The van der Waals surface area contributed by atoms with E-state index in [-0.39, 0.29) is 0 Å². The lowest BCUT2D eigenvalue weighted by Crippen LogP contribution is -2.63. The largest absolute Gasteiger partial charge is 0.394 e. The molecule has 0 saturated carbocycles. The molecule has 7 heteroatoms. The van der Waals surface area contributed by atoms with E-state index in [1.807, 2.05) is 0 Å². The van der Waals surface area contributed by atoms with Gasteiger partial charge in [0.2, 0.25) is 5.91 Å². The van der Waals surface area contributed by atoms with Gasteiger partial charge >= 0.3 is 0 Å². The Kier molecular flexibility index (Phi) is 8.12. The van der Waals surface area contributed by atoms with E-state index < -0.39 is 43.2 Å². The van der Waals surface area contributed by atoms with Crippen LogP contribution in [0.15, 0.2) is 0 Å². The van der Waals surface area contributed by atoms with Crippen molar-refractivity contribution in [2.24, 2.45) is 5.92 Å². The first kappa shape index (κ1) is 18.3. The van der Waals surface area contributed by atoms with Crippen LogP contribution in [-0.4, -0.2) is 63.6 Å². The van der Waals surface area contributed by atoms with Crippen molar-refractivity contribution in [3.05, 3.63) is 0 Å². The molecule has 5 atom stereocenters. The number of nitrogens with one attached hydrogen (secondary N) is 1. The summed E-state index contributed by atoms with van der Waals surface area (Å²) in [4.78, 5) is 10.7. The van der Waals surface area contributed by atoms with Gasteiger partial charge in [0.25, 0.3) is 0 Å². The second kappa shape index (κ2) is 8.44. The number of hydrogen-bond acceptors (Lipinski definition) is 6. The number of hydrogen-bond donors (Lipinski definition) is 5.